The normalized spacial score (nSPS) is 17.8. The van der Waals surface area contributed by atoms with Crippen LogP contribution in [0.1, 0.15) is 73.8 Å². The molecule has 1 aliphatic heterocycles. The summed E-state index contributed by atoms with van der Waals surface area (Å²) < 4.78 is 24.7. The molecule has 2 aromatic rings. The number of hydrogen-bond acceptors (Lipinski definition) is 5. The van der Waals surface area contributed by atoms with Crippen molar-refractivity contribution < 1.29 is 23.8 Å². The number of carbonyl (C=O) groups excluding carboxylic acids is 1. The highest BCUT2D eigenvalue weighted by Crippen LogP contribution is 2.25. The summed E-state index contributed by atoms with van der Waals surface area (Å²) in [5.74, 6) is -0.317. The summed E-state index contributed by atoms with van der Waals surface area (Å²) in [6, 6.07) is 13.9. The molecule has 0 aliphatic carbocycles. The maximum absolute atomic E-state index is 14.0. The summed E-state index contributed by atoms with van der Waals surface area (Å²) in [5.41, 5.74) is 3.86. The van der Waals surface area contributed by atoms with Gasteiger partial charge in [0.05, 0.1) is 25.9 Å². The fourth-order valence-corrected chi connectivity index (χ4v) is 4.95. The Bertz CT molecular complexity index is 1020. The van der Waals surface area contributed by atoms with Crippen molar-refractivity contribution in [2.24, 2.45) is 0 Å². The van der Waals surface area contributed by atoms with Gasteiger partial charge in [0.2, 0.25) is 0 Å². The highest BCUT2D eigenvalue weighted by atomic mass is 19.1. The van der Waals surface area contributed by atoms with Gasteiger partial charge in [-0.1, -0.05) is 48.6 Å². The Morgan fingerprint density at radius 3 is 2.84 bits per heavy atom. The number of benzene rings is 2. The van der Waals surface area contributed by atoms with Crippen molar-refractivity contribution >= 4 is 12.0 Å². The zero-order valence-electron chi connectivity index (χ0n) is 22.5. The highest BCUT2D eigenvalue weighted by Gasteiger charge is 2.27. The minimum Gasteiger partial charge on any atom is -0.469 e. The number of unbranched alkanes of at least 4 members (excludes halogenated alkanes) is 2. The van der Waals surface area contributed by atoms with Gasteiger partial charge >= 0.3 is 5.97 Å². The summed E-state index contributed by atoms with van der Waals surface area (Å²) in [7, 11) is 1.42. The fraction of sp³-hybridized carbons (Fsp3) is 0.516. The lowest BCUT2D eigenvalue weighted by atomic mass is 10.0. The molecule has 3 rings (SSSR count). The Kier molecular flexibility index (Phi) is 11.8. The first-order chi connectivity index (χ1) is 17.9. The van der Waals surface area contributed by atoms with Crippen LogP contribution >= 0.6 is 0 Å². The van der Waals surface area contributed by atoms with Crippen LogP contribution < -0.4 is 0 Å². The molecule has 5 nitrogen and oxygen atoms in total. The third-order valence-electron chi connectivity index (χ3n) is 7.15. The molecule has 1 saturated heterocycles. The maximum Gasteiger partial charge on any atom is 0.305 e. The number of methoxy groups -OCH3 is 1. The van der Waals surface area contributed by atoms with Crippen molar-refractivity contribution in [3.05, 3.63) is 76.6 Å². The number of ether oxygens (including phenoxy) is 2. The van der Waals surface area contributed by atoms with Gasteiger partial charge in [0, 0.05) is 19.0 Å². The number of likely N-dealkylation sites (tertiary alicyclic amines) is 1. The molecule has 0 radical (unpaired) electrons. The van der Waals surface area contributed by atoms with E-state index in [0.29, 0.717) is 24.6 Å². The van der Waals surface area contributed by atoms with E-state index in [1.54, 1.807) is 13.0 Å². The van der Waals surface area contributed by atoms with Crippen LogP contribution in [0.2, 0.25) is 0 Å². The predicted octanol–water partition coefficient (Wildman–Crippen LogP) is 6.03. The molecule has 1 N–H and O–H groups in total. The van der Waals surface area contributed by atoms with Gasteiger partial charge in [0.1, 0.15) is 5.82 Å². The molecule has 3 atom stereocenters. The molecule has 1 heterocycles. The van der Waals surface area contributed by atoms with Crippen LogP contribution in [0.5, 0.6) is 0 Å². The second kappa shape index (κ2) is 15.0. The van der Waals surface area contributed by atoms with Crippen LogP contribution in [-0.4, -0.2) is 54.9 Å². The van der Waals surface area contributed by atoms with E-state index in [0.717, 1.165) is 61.8 Å². The zero-order chi connectivity index (χ0) is 26.6. The minimum absolute atomic E-state index is 0.153. The molecule has 202 valence electrons. The van der Waals surface area contributed by atoms with Crippen LogP contribution in [0.3, 0.4) is 0 Å². The van der Waals surface area contributed by atoms with Crippen LogP contribution in [0.15, 0.2) is 48.5 Å². The number of nitrogens with zero attached hydrogens (tertiary/aromatic N) is 1. The quantitative estimate of drug-likeness (QED) is 0.248. The number of hydrogen-bond donors (Lipinski definition) is 1. The third-order valence-corrected chi connectivity index (χ3v) is 7.15. The van der Waals surface area contributed by atoms with E-state index in [9.17, 15) is 14.3 Å². The van der Waals surface area contributed by atoms with Crippen molar-refractivity contribution in [2.75, 3.05) is 26.8 Å². The van der Waals surface area contributed by atoms with Gasteiger partial charge in [0.15, 0.2) is 0 Å². The fourth-order valence-electron chi connectivity index (χ4n) is 4.95. The van der Waals surface area contributed by atoms with Gasteiger partial charge in [-0.25, -0.2) is 4.39 Å². The lowest BCUT2D eigenvalue weighted by molar-refractivity contribution is -0.140. The van der Waals surface area contributed by atoms with Gasteiger partial charge in [-0.3, -0.25) is 9.69 Å². The molecule has 1 aliphatic rings. The summed E-state index contributed by atoms with van der Waals surface area (Å²) in [5, 5.41) is 10.7. The van der Waals surface area contributed by atoms with Crippen LogP contribution in [0.4, 0.5) is 4.39 Å². The number of aliphatic hydroxyl groups excluding tert-OH is 1. The van der Waals surface area contributed by atoms with E-state index in [1.165, 1.54) is 7.11 Å². The summed E-state index contributed by atoms with van der Waals surface area (Å²) in [6.45, 7) is 5.55. The zero-order valence-corrected chi connectivity index (χ0v) is 22.5. The Morgan fingerprint density at radius 1 is 1.24 bits per heavy atom. The molecule has 0 bridgehead atoms. The SMILES string of the molecule is COC(=O)CCCC/C=C/c1ccccc1[C@@H](C)OC[C@H](O)CN1CCC[C@H]1Cc1ccc(C)c(F)c1. The van der Waals surface area contributed by atoms with E-state index in [1.807, 2.05) is 31.2 Å². The number of carbonyl (C=O) groups is 1. The van der Waals surface area contributed by atoms with Crippen LogP contribution in [0, 0.1) is 12.7 Å². The van der Waals surface area contributed by atoms with Gasteiger partial charge in [-0.2, -0.15) is 0 Å². The predicted molar refractivity (Wildman–Crippen MR) is 146 cm³/mol. The van der Waals surface area contributed by atoms with Gasteiger partial charge in [-0.15, -0.1) is 0 Å². The first-order valence-corrected chi connectivity index (χ1v) is 13.5. The molecule has 0 spiro atoms. The summed E-state index contributed by atoms with van der Waals surface area (Å²) in [6.07, 6.45) is 9.53. The Labute approximate surface area is 221 Å². The largest absolute Gasteiger partial charge is 0.469 e. The summed E-state index contributed by atoms with van der Waals surface area (Å²) in [4.78, 5) is 13.5. The van der Waals surface area contributed by atoms with Crippen molar-refractivity contribution in [2.45, 2.75) is 77.0 Å². The first kappa shape index (κ1) is 29.0. The average Bonchev–Trinajstić information content (AvgIpc) is 3.32. The lowest BCUT2D eigenvalue weighted by Crippen LogP contribution is -2.39. The van der Waals surface area contributed by atoms with E-state index >= 15 is 0 Å². The second-order valence-electron chi connectivity index (χ2n) is 10.1. The molecule has 2 aromatic carbocycles. The van der Waals surface area contributed by atoms with E-state index in [4.69, 9.17) is 4.74 Å². The van der Waals surface area contributed by atoms with E-state index < -0.39 is 6.10 Å². The highest BCUT2D eigenvalue weighted by molar-refractivity contribution is 5.69. The monoisotopic (exact) mass is 511 g/mol. The van der Waals surface area contributed by atoms with Crippen molar-refractivity contribution in [1.29, 1.82) is 0 Å². The lowest BCUT2D eigenvalue weighted by Gasteiger charge is -2.27. The topological polar surface area (TPSA) is 59.0 Å². The van der Waals surface area contributed by atoms with Crippen molar-refractivity contribution in [1.82, 2.24) is 4.90 Å². The standard InChI is InChI=1S/C31H42FNO4/c1-23-16-17-25(20-30(23)32)19-27-13-10-18-33(27)21-28(34)22-37-24(2)29-14-9-8-12-26(29)11-6-4-5-7-15-31(35)36-3/h6,8-9,11-12,14,16-17,20,24,27-28,34H,4-5,7,10,13,15,18-19,21-22H2,1-3H3/b11-6+/t24-,27+,28-/m1/s1. The third kappa shape index (κ3) is 9.37. The van der Waals surface area contributed by atoms with Crippen molar-refractivity contribution in [3.8, 4) is 0 Å². The van der Waals surface area contributed by atoms with Crippen LogP contribution in [0.25, 0.3) is 6.08 Å². The number of rotatable bonds is 14. The summed E-state index contributed by atoms with van der Waals surface area (Å²) >= 11 is 0. The smallest absolute Gasteiger partial charge is 0.305 e. The second-order valence-corrected chi connectivity index (χ2v) is 10.1. The number of β-amino-alcohol motifs (C(OH)–C–C–N with tert-alkyl or cyclic N) is 1. The number of halogens is 1. The Balaban J connectivity index is 1.46. The molecule has 37 heavy (non-hydrogen) atoms. The molecule has 0 unspecified atom stereocenters. The first-order valence-electron chi connectivity index (χ1n) is 13.5. The number of aliphatic hydroxyl groups is 1. The van der Waals surface area contributed by atoms with Gasteiger partial charge in [-0.05, 0) is 87.2 Å². The molecular formula is C31H42FNO4. The number of allylic oxidation sites excluding steroid dienone is 1. The number of aryl methyl sites for hydroxylation is 1. The Hall–Kier alpha value is -2.54. The molecule has 0 amide bonds. The molecule has 1 fully saturated rings. The van der Waals surface area contributed by atoms with E-state index in [-0.39, 0.29) is 24.5 Å². The Morgan fingerprint density at radius 2 is 2.05 bits per heavy atom. The average molecular weight is 512 g/mol. The number of esters is 1. The molecule has 0 aromatic heterocycles. The van der Waals surface area contributed by atoms with E-state index in [2.05, 4.69) is 33.9 Å². The molecule has 6 heteroatoms. The van der Waals surface area contributed by atoms with Gasteiger partial charge in [0.25, 0.3) is 0 Å². The minimum atomic E-state index is -0.588. The molecular weight excluding hydrogens is 469 g/mol. The van der Waals surface area contributed by atoms with Crippen molar-refractivity contribution in [3.63, 3.8) is 0 Å². The van der Waals surface area contributed by atoms with Gasteiger partial charge < -0.3 is 14.6 Å². The molecule has 0 saturated carbocycles. The maximum atomic E-state index is 14.0. The van der Waals surface area contributed by atoms with Crippen LogP contribution in [-0.2, 0) is 20.7 Å².